The molecule has 0 aromatic carbocycles. The predicted molar refractivity (Wildman–Crippen MR) is 91.4 cm³/mol. The van der Waals surface area contributed by atoms with E-state index < -0.39 is 17.0 Å². The van der Waals surface area contributed by atoms with Gasteiger partial charge in [0.2, 0.25) is 11.6 Å². The van der Waals surface area contributed by atoms with Crippen LogP contribution in [0.4, 0.5) is 0 Å². The van der Waals surface area contributed by atoms with Gasteiger partial charge in [-0.3, -0.25) is 9.59 Å². The van der Waals surface area contributed by atoms with Crippen molar-refractivity contribution in [2.45, 2.75) is 59.8 Å². The maximum atomic E-state index is 13.0. The number of hydrogen-bond donors (Lipinski definition) is 2. The number of carbonyl (C=O) groups is 2. The third-order valence-electron chi connectivity index (χ3n) is 6.77. The van der Waals surface area contributed by atoms with Gasteiger partial charge in [0.25, 0.3) is 0 Å². The van der Waals surface area contributed by atoms with Crippen molar-refractivity contribution < 1.29 is 19.8 Å². The van der Waals surface area contributed by atoms with Crippen molar-refractivity contribution in [2.24, 2.45) is 22.7 Å². The van der Waals surface area contributed by atoms with Gasteiger partial charge < -0.3 is 10.2 Å². The molecule has 0 unspecified atom stereocenters. The zero-order chi connectivity index (χ0) is 17.9. The van der Waals surface area contributed by atoms with E-state index in [0.717, 1.165) is 25.7 Å². The maximum absolute atomic E-state index is 13.0. The Morgan fingerprint density at radius 3 is 2.42 bits per heavy atom. The number of aliphatic hydroxyl groups excluding tert-OH is 2. The molecular formula is C20H28O4. The Morgan fingerprint density at radius 2 is 1.83 bits per heavy atom. The summed E-state index contributed by atoms with van der Waals surface area (Å²) in [5, 5.41) is 20.7. The highest BCUT2D eigenvalue weighted by Gasteiger charge is 2.56. The minimum absolute atomic E-state index is 0.0422. The van der Waals surface area contributed by atoms with Crippen LogP contribution < -0.4 is 0 Å². The highest BCUT2D eigenvalue weighted by molar-refractivity contribution is 6.50. The van der Waals surface area contributed by atoms with E-state index in [4.69, 9.17) is 0 Å². The molecule has 0 aromatic rings. The molecular weight excluding hydrogens is 304 g/mol. The van der Waals surface area contributed by atoms with Crippen molar-refractivity contribution in [3.05, 3.63) is 22.5 Å². The number of rotatable bonds is 2. The molecule has 132 valence electrons. The van der Waals surface area contributed by atoms with Crippen LogP contribution in [0.25, 0.3) is 0 Å². The fourth-order valence-electron chi connectivity index (χ4n) is 5.57. The quantitative estimate of drug-likeness (QED) is 0.599. The highest BCUT2D eigenvalue weighted by atomic mass is 16.3. The monoisotopic (exact) mass is 332 g/mol. The molecule has 0 radical (unpaired) electrons. The number of Topliss-reactive ketones (excluding diaryl/α,β-unsaturated/α-hetero) is 2. The van der Waals surface area contributed by atoms with E-state index in [1.807, 2.05) is 13.8 Å². The summed E-state index contributed by atoms with van der Waals surface area (Å²) in [5.41, 5.74) is 0.815. The SMILES string of the molecule is CC(C)C1=C(O)C2=C(C(=O)C1=O)[C@@]1(C)CCC[C@](C)(CO)[C@@H]1CC2. The third kappa shape index (κ3) is 2.15. The molecule has 2 N–H and O–H groups in total. The fourth-order valence-corrected chi connectivity index (χ4v) is 5.57. The summed E-state index contributed by atoms with van der Waals surface area (Å²) in [6, 6.07) is 0. The van der Waals surface area contributed by atoms with Crippen molar-refractivity contribution in [3.8, 4) is 0 Å². The van der Waals surface area contributed by atoms with Gasteiger partial charge in [-0.15, -0.1) is 0 Å². The molecule has 3 atom stereocenters. The Balaban J connectivity index is 2.20. The van der Waals surface area contributed by atoms with Gasteiger partial charge in [-0.25, -0.2) is 0 Å². The van der Waals surface area contributed by atoms with Gasteiger partial charge in [0.1, 0.15) is 5.76 Å². The van der Waals surface area contributed by atoms with Crippen molar-refractivity contribution in [2.75, 3.05) is 6.61 Å². The molecule has 1 fully saturated rings. The number of aliphatic hydroxyl groups is 2. The van der Waals surface area contributed by atoms with Crippen LogP contribution in [0.15, 0.2) is 22.5 Å². The van der Waals surface area contributed by atoms with Crippen LogP contribution in [0.5, 0.6) is 0 Å². The summed E-state index contributed by atoms with van der Waals surface area (Å²) in [6.45, 7) is 7.90. The van der Waals surface area contributed by atoms with Gasteiger partial charge in [-0.05, 0) is 42.9 Å². The molecule has 3 rings (SSSR count). The fraction of sp³-hybridized carbons (Fsp3) is 0.700. The average molecular weight is 332 g/mol. The predicted octanol–water partition coefficient (Wildman–Crippen LogP) is 3.50. The normalized spacial score (nSPS) is 37.0. The summed E-state index contributed by atoms with van der Waals surface area (Å²) in [5.74, 6) is -0.941. The van der Waals surface area contributed by atoms with Crippen molar-refractivity contribution in [1.82, 2.24) is 0 Å². The number of hydrogen-bond acceptors (Lipinski definition) is 4. The molecule has 4 heteroatoms. The number of allylic oxidation sites excluding steroid dienone is 3. The molecule has 0 spiro atoms. The Labute approximate surface area is 143 Å². The smallest absolute Gasteiger partial charge is 0.233 e. The van der Waals surface area contributed by atoms with E-state index in [1.54, 1.807) is 0 Å². The van der Waals surface area contributed by atoms with Gasteiger partial charge in [0.15, 0.2) is 0 Å². The van der Waals surface area contributed by atoms with E-state index in [0.29, 0.717) is 17.6 Å². The molecule has 1 saturated carbocycles. The number of ketones is 2. The van der Waals surface area contributed by atoms with Crippen LogP contribution in [0, 0.1) is 22.7 Å². The first-order valence-electron chi connectivity index (χ1n) is 9.04. The molecule has 0 aliphatic heterocycles. The topological polar surface area (TPSA) is 74.6 Å². The number of carbonyl (C=O) groups excluding carboxylic acids is 2. The summed E-state index contributed by atoms with van der Waals surface area (Å²) in [4.78, 5) is 25.6. The minimum Gasteiger partial charge on any atom is -0.507 e. The van der Waals surface area contributed by atoms with Gasteiger partial charge in [0, 0.05) is 28.7 Å². The Kier molecular flexibility index (Phi) is 4.03. The zero-order valence-corrected chi connectivity index (χ0v) is 15.1. The van der Waals surface area contributed by atoms with Crippen molar-refractivity contribution >= 4 is 11.6 Å². The molecule has 0 amide bonds. The molecule has 24 heavy (non-hydrogen) atoms. The second-order valence-corrected chi connectivity index (χ2v) is 8.60. The molecule has 4 nitrogen and oxygen atoms in total. The summed E-state index contributed by atoms with van der Waals surface area (Å²) >= 11 is 0. The standard InChI is InChI=1S/C20H28O4/c1-11(2)14-16(22)12-6-7-13-19(3,10-21)8-5-9-20(13,4)15(12)18(24)17(14)23/h11,13,21-22H,5-10H2,1-4H3/t13-,19+,20-/m0/s1. The van der Waals surface area contributed by atoms with Crippen LogP contribution in [-0.4, -0.2) is 28.4 Å². The van der Waals surface area contributed by atoms with Crippen LogP contribution in [0.1, 0.15) is 59.8 Å². The van der Waals surface area contributed by atoms with Gasteiger partial charge in [-0.1, -0.05) is 34.1 Å². The van der Waals surface area contributed by atoms with Crippen molar-refractivity contribution in [1.29, 1.82) is 0 Å². The first kappa shape index (κ1) is 17.4. The number of fused-ring (bicyclic) bond motifs is 2. The average Bonchev–Trinajstić information content (AvgIpc) is 2.51. The summed E-state index contributed by atoms with van der Waals surface area (Å²) in [7, 11) is 0. The lowest BCUT2D eigenvalue weighted by Gasteiger charge is -2.55. The summed E-state index contributed by atoms with van der Waals surface area (Å²) < 4.78 is 0. The second-order valence-electron chi connectivity index (χ2n) is 8.60. The van der Waals surface area contributed by atoms with E-state index in [-0.39, 0.29) is 35.2 Å². The second kappa shape index (κ2) is 5.55. The van der Waals surface area contributed by atoms with Gasteiger partial charge >= 0.3 is 0 Å². The molecule has 0 aromatic heterocycles. The largest absolute Gasteiger partial charge is 0.507 e. The Hall–Kier alpha value is -1.42. The van der Waals surface area contributed by atoms with E-state index in [1.165, 1.54) is 0 Å². The lowest BCUT2D eigenvalue weighted by molar-refractivity contribution is -0.135. The Bertz CT molecular complexity index is 669. The van der Waals surface area contributed by atoms with Crippen LogP contribution >= 0.6 is 0 Å². The van der Waals surface area contributed by atoms with E-state index in [2.05, 4.69) is 13.8 Å². The van der Waals surface area contributed by atoms with Crippen LogP contribution in [0.2, 0.25) is 0 Å². The van der Waals surface area contributed by atoms with Crippen LogP contribution in [-0.2, 0) is 9.59 Å². The van der Waals surface area contributed by atoms with Gasteiger partial charge in [-0.2, -0.15) is 0 Å². The summed E-state index contributed by atoms with van der Waals surface area (Å²) in [6.07, 6.45) is 4.13. The third-order valence-corrected chi connectivity index (χ3v) is 6.77. The lowest BCUT2D eigenvalue weighted by Crippen LogP contribution is -2.51. The van der Waals surface area contributed by atoms with Crippen molar-refractivity contribution in [3.63, 3.8) is 0 Å². The van der Waals surface area contributed by atoms with Crippen LogP contribution in [0.3, 0.4) is 0 Å². The zero-order valence-electron chi connectivity index (χ0n) is 15.1. The van der Waals surface area contributed by atoms with Gasteiger partial charge in [0.05, 0.1) is 0 Å². The first-order valence-corrected chi connectivity index (χ1v) is 9.04. The molecule has 3 aliphatic rings. The van der Waals surface area contributed by atoms with E-state index >= 15 is 0 Å². The highest BCUT2D eigenvalue weighted by Crippen LogP contribution is 2.61. The first-order chi connectivity index (χ1) is 11.2. The van der Waals surface area contributed by atoms with E-state index in [9.17, 15) is 19.8 Å². The lowest BCUT2D eigenvalue weighted by atomic mass is 9.48. The molecule has 0 saturated heterocycles. The Morgan fingerprint density at radius 1 is 1.17 bits per heavy atom. The minimum atomic E-state index is -0.542. The molecule has 0 heterocycles. The molecule has 3 aliphatic carbocycles. The maximum Gasteiger partial charge on any atom is 0.233 e. The molecule has 0 bridgehead atoms.